The van der Waals surface area contributed by atoms with Crippen molar-refractivity contribution in [3.05, 3.63) is 36.4 Å². The number of nitrogens with zero attached hydrogens (tertiary/aromatic N) is 4. The summed E-state index contributed by atoms with van der Waals surface area (Å²) in [5.74, 6) is 0.878. The van der Waals surface area contributed by atoms with E-state index in [1.807, 2.05) is 12.3 Å². The van der Waals surface area contributed by atoms with E-state index in [-0.39, 0.29) is 11.9 Å². The Morgan fingerprint density at radius 3 is 2.77 bits per heavy atom. The van der Waals surface area contributed by atoms with Crippen molar-refractivity contribution in [3.63, 3.8) is 0 Å². The zero-order valence-electron chi connectivity index (χ0n) is 12.4. The van der Waals surface area contributed by atoms with E-state index >= 15 is 0 Å². The number of nitrogens with one attached hydrogen (secondary N) is 2. The van der Waals surface area contributed by atoms with Crippen LogP contribution in [0.5, 0.6) is 0 Å². The van der Waals surface area contributed by atoms with Gasteiger partial charge in [0.15, 0.2) is 0 Å². The largest absolute Gasteiger partial charge is 0.353 e. The molecule has 1 fully saturated rings. The molecule has 1 aliphatic heterocycles. The highest BCUT2D eigenvalue weighted by molar-refractivity contribution is 5.76. The Morgan fingerprint density at radius 2 is 2.09 bits per heavy atom. The molecule has 0 aliphatic carbocycles. The standard InChI is InChI=1S/C15H20N6O/c22-14(3-2-12-10-18-19-11-12)20-13-4-8-21(9-5-13)15-16-6-1-7-17-15/h1,6-7,10-11,13H,2-5,8-9H2,(H,18,19)(H,20,22). The molecule has 3 heterocycles. The molecule has 116 valence electrons. The van der Waals surface area contributed by atoms with Gasteiger partial charge in [-0.2, -0.15) is 5.10 Å². The van der Waals surface area contributed by atoms with E-state index in [4.69, 9.17) is 0 Å². The summed E-state index contributed by atoms with van der Waals surface area (Å²) in [5, 5.41) is 9.75. The second kappa shape index (κ2) is 7.02. The van der Waals surface area contributed by atoms with Crippen LogP contribution in [0.25, 0.3) is 0 Å². The first-order valence-electron chi connectivity index (χ1n) is 7.60. The van der Waals surface area contributed by atoms with Crippen LogP contribution in [0.2, 0.25) is 0 Å². The van der Waals surface area contributed by atoms with Crippen molar-refractivity contribution in [1.29, 1.82) is 0 Å². The second-order valence-electron chi connectivity index (χ2n) is 5.48. The van der Waals surface area contributed by atoms with E-state index in [1.54, 1.807) is 18.6 Å². The molecular formula is C15H20N6O. The van der Waals surface area contributed by atoms with Crippen LogP contribution < -0.4 is 10.2 Å². The highest BCUT2D eigenvalue weighted by Crippen LogP contribution is 2.15. The van der Waals surface area contributed by atoms with Crippen LogP contribution >= 0.6 is 0 Å². The minimum atomic E-state index is 0.107. The monoisotopic (exact) mass is 300 g/mol. The number of H-pyrrole nitrogens is 1. The fourth-order valence-corrected chi connectivity index (χ4v) is 2.65. The lowest BCUT2D eigenvalue weighted by Gasteiger charge is -2.32. The van der Waals surface area contributed by atoms with Gasteiger partial charge in [0.1, 0.15) is 0 Å². The molecule has 7 heteroatoms. The number of hydrogen-bond acceptors (Lipinski definition) is 5. The molecule has 1 amide bonds. The third-order valence-corrected chi connectivity index (χ3v) is 3.89. The topological polar surface area (TPSA) is 86.8 Å². The molecular weight excluding hydrogens is 280 g/mol. The fourth-order valence-electron chi connectivity index (χ4n) is 2.65. The maximum absolute atomic E-state index is 12.0. The SMILES string of the molecule is O=C(CCc1cn[nH]c1)NC1CCN(c2ncccn2)CC1. The Kier molecular flexibility index (Phi) is 4.62. The number of rotatable bonds is 5. The molecule has 0 unspecified atom stereocenters. The van der Waals surface area contributed by atoms with Gasteiger partial charge in [-0.3, -0.25) is 9.89 Å². The first-order chi connectivity index (χ1) is 10.8. The van der Waals surface area contributed by atoms with Crippen LogP contribution in [0, 0.1) is 0 Å². The molecule has 7 nitrogen and oxygen atoms in total. The van der Waals surface area contributed by atoms with Crippen LogP contribution in [0.15, 0.2) is 30.9 Å². The fraction of sp³-hybridized carbons (Fsp3) is 0.467. The maximum Gasteiger partial charge on any atom is 0.225 e. The lowest BCUT2D eigenvalue weighted by Crippen LogP contribution is -2.45. The summed E-state index contributed by atoms with van der Waals surface area (Å²) in [7, 11) is 0. The number of amides is 1. The van der Waals surface area contributed by atoms with Crippen molar-refractivity contribution in [2.45, 2.75) is 31.7 Å². The summed E-state index contributed by atoms with van der Waals surface area (Å²) < 4.78 is 0. The van der Waals surface area contributed by atoms with Gasteiger partial charge < -0.3 is 10.2 Å². The average molecular weight is 300 g/mol. The smallest absolute Gasteiger partial charge is 0.225 e. The van der Waals surface area contributed by atoms with Crippen molar-refractivity contribution < 1.29 is 4.79 Å². The van der Waals surface area contributed by atoms with Crippen molar-refractivity contribution >= 4 is 11.9 Å². The highest BCUT2D eigenvalue weighted by Gasteiger charge is 2.21. The normalized spacial score (nSPS) is 15.7. The van der Waals surface area contributed by atoms with E-state index in [1.165, 1.54) is 0 Å². The van der Waals surface area contributed by atoms with E-state index in [9.17, 15) is 4.79 Å². The number of aromatic amines is 1. The molecule has 0 radical (unpaired) electrons. The van der Waals surface area contributed by atoms with Gasteiger partial charge in [0.25, 0.3) is 0 Å². The van der Waals surface area contributed by atoms with Crippen LogP contribution in [-0.4, -0.2) is 45.2 Å². The van der Waals surface area contributed by atoms with Crippen LogP contribution in [0.1, 0.15) is 24.8 Å². The van der Waals surface area contributed by atoms with Crippen LogP contribution in [0.4, 0.5) is 5.95 Å². The molecule has 1 aliphatic rings. The zero-order valence-corrected chi connectivity index (χ0v) is 12.4. The van der Waals surface area contributed by atoms with Crippen molar-refractivity contribution in [3.8, 4) is 0 Å². The van der Waals surface area contributed by atoms with E-state index < -0.39 is 0 Å². The number of aromatic nitrogens is 4. The molecule has 1 saturated heterocycles. The summed E-state index contributed by atoms with van der Waals surface area (Å²) in [6, 6.07) is 2.06. The average Bonchev–Trinajstić information content (AvgIpc) is 3.08. The number of aryl methyl sites for hydroxylation is 1. The molecule has 2 aromatic heterocycles. The Hall–Kier alpha value is -2.44. The van der Waals surface area contributed by atoms with Gasteiger partial charge in [-0.15, -0.1) is 0 Å². The predicted octanol–water partition coefficient (Wildman–Crippen LogP) is 0.917. The van der Waals surface area contributed by atoms with Crippen LogP contribution in [0.3, 0.4) is 0 Å². The van der Waals surface area contributed by atoms with Gasteiger partial charge in [0, 0.05) is 44.1 Å². The molecule has 0 spiro atoms. The third kappa shape index (κ3) is 3.81. The number of anilines is 1. The minimum Gasteiger partial charge on any atom is -0.353 e. The number of hydrogen-bond donors (Lipinski definition) is 2. The highest BCUT2D eigenvalue weighted by atomic mass is 16.1. The van der Waals surface area contributed by atoms with Crippen molar-refractivity contribution in [1.82, 2.24) is 25.5 Å². The van der Waals surface area contributed by atoms with Gasteiger partial charge in [-0.1, -0.05) is 0 Å². The molecule has 0 saturated carbocycles. The number of piperidine rings is 1. The van der Waals surface area contributed by atoms with Crippen LogP contribution in [-0.2, 0) is 11.2 Å². The Labute approximate surface area is 129 Å². The second-order valence-corrected chi connectivity index (χ2v) is 5.48. The Balaban J connectivity index is 1.41. The summed E-state index contributed by atoms with van der Waals surface area (Å²) in [5.41, 5.74) is 1.06. The lowest BCUT2D eigenvalue weighted by atomic mass is 10.0. The molecule has 2 N–H and O–H groups in total. The van der Waals surface area contributed by atoms with Gasteiger partial charge in [0.05, 0.1) is 6.20 Å². The minimum absolute atomic E-state index is 0.107. The first kappa shape index (κ1) is 14.5. The van der Waals surface area contributed by atoms with Gasteiger partial charge >= 0.3 is 0 Å². The maximum atomic E-state index is 12.0. The lowest BCUT2D eigenvalue weighted by molar-refractivity contribution is -0.121. The van der Waals surface area contributed by atoms with E-state index in [0.29, 0.717) is 6.42 Å². The molecule has 3 rings (SSSR count). The molecule has 0 aromatic carbocycles. The molecule has 0 atom stereocenters. The van der Waals surface area contributed by atoms with E-state index in [2.05, 4.69) is 30.4 Å². The summed E-state index contributed by atoms with van der Waals surface area (Å²) in [6.07, 6.45) is 10.2. The van der Waals surface area contributed by atoms with E-state index in [0.717, 1.165) is 43.9 Å². The Morgan fingerprint density at radius 1 is 1.32 bits per heavy atom. The summed E-state index contributed by atoms with van der Waals surface area (Å²) >= 11 is 0. The zero-order chi connectivity index (χ0) is 15.2. The molecule has 0 bridgehead atoms. The molecule has 22 heavy (non-hydrogen) atoms. The first-order valence-corrected chi connectivity index (χ1v) is 7.60. The van der Waals surface area contributed by atoms with Gasteiger partial charge in [-0.05, 0) is 30.9 Å². The number of carbonyl (C=O) groups is 1. The van der Waals surface area contributed by atoms with Crippen molar-refractivity contribution in [2.24, 2.45) is 0 Å². The van der Waals surface area contributed by atoms with Gasteiger partial charge in [-0.25, -0.2) is 9.97 Å². The quantitative estimate of drug-likeness (QED) is 0.857. The number of carbonyl (C=O) groups excluding carboxylic acids is 1. The Bertz CT molecular complexity index is 577. The third-order valence-electron chi connectivity index (χ3n) is 3.89. The van der Waals surface area contributed by atoms with Crippen molar-refractivity contribution in [2.75, 3.05) is 18.0 Å². The summed E-state index contributed by atoms with van der Waals surface area (Å²) in [6.45, 7) is 1.74. The predicted molar refractivity (Wildman–Crippen MR) is 82.3 cm³/mol. The molecule has 2 aromatic rings. The summed E-state index contributed by atoms with van der Waals surface area (Å²) in [4.78, 5) is 22.7. The van der Waals surface area contributed by atoms with Gasteiger partial charge in [0.2, 0.25) is 11.9 Å².